The van der Waals surface area contributed by atoms with Crippen molar-refractivity contribution in [2.45, 2.75) is 71.1 Å². The zero-order valence-electron chi connectivity index (χ0n) is 18.3. The van der Waals surface area contributed by atoms with E-state index in [4.69, 9.17) is 0 Å². The molecule has 162 valence electrons. The molecule has 0 saturated heterocycles. The minimum Gasteiger partial charge on any atom is -0.756 e. The zero-order valence-corrected chi connectivity index (χ0v) is 19.2. The number of hydrogen-bond acceptors (Lipinski definition) is 4. The van der Waals surface area contributed by atoms with Crippen LogP contribution in [-0.4, -0.2) is 45.4 Å². The van der Waals surface area contributed by atoms with E-state index in [2.05, 4.69) is 50.3 Å². The van der Waals surface area contributed by atoms with Crippen LogP contribution >= 0.6 is 7.82 Å². The molecule has 0 radical (unpaired) electrons. The molecule has 6 heteroatoms. The molecule has 0 spiro atoms. The standard InChI is InChI=1S/C15H34N.C6H11O4P/c1-5-6-7-8-9-10-11-12-13-14-15-16(2,3)4;1-3-5-9-11(7,8)10-6-4-2/h5-15H2,1-4H3;3-4H,1-2,5-6H2,(H,7,8)/q+1;/p-1. The summed E-state index contributed by atoms with van der Waals surface area (Å²) in [5, 5.41) is 0. The van der Waals surface area contributed by atoms with Crippen molar-refractivity contribution in [3.05, 3.63) is 25.3 Å². The first-order valence-electron chi connectivity index (χ1n) is 10.3. The lowest BCUT2D eigenvalue weighted by molar-refractivity contribution is -0.870. The molecule has 0 N–H and O–H groups in total. The highest BCUT2D eigenvalue weighted by Crippen LogP contribution is 2.37. The second-order valence-electron chi connectivity index (χ2n) is 7.81. The van der Waals surface area contributed by atoms with Crippen LogP contribution in [0.3, 0.4) is 0 Å². The molecule has 0 rings (SSSR count). The number of phosphoric acid groups is 1. The second kappa shape index (κ2) is 18.9. The predicted octanol–water partition coefficient (Wildman–Crippen LogP) is 5.47. The number of unbranched alkanes of at least 4 members (excludes halogenated alkanes) is 9. The molecular formula is C21H44NO4P. The summed E-state index contributed by atoms with van der Waals surface area (Å²) >= 11 is 0. The molecule has 0 atom stereocenters. The largest absolute Gasteiger partial charge is 0.756 e. The summed E-state index contributed by atoms with van der Waals surface area (Å²) in [5.74, 6) is 0. The molecule has 0 aromatic carbocycles. The molecule has 0 unspecified atom stereocenters. The second-order valence-corrected chi connectivity index (χ2v) is 9.22. The topological polar surface area (TPSA) is 58.6 Å². The minimum absolute atomic E-state index is 0.0715. The monoisotopic (exact) mass is 405 g/mol. The van der Waals surface area contributed by atoms with Crippen LogP contribution in [0.25, 0.3) is 0 Å². The average molecular weight is 406 g/mol. The highest BCUT2D eigenvalue weighted by molar-refractivity contribution is 7.45. The molecule has 0 aliphatic carbocycles. The maximum absolute atomic E-state index is 10.6. The Morgan fingerprint density at radius 2 is 1.19 bits per heavy atom. The maximum atomic E-state index is 10.6. The van der Waals surface area contributed by atoms with E-state index in [9.17, 15) is 9.46 Å². The minimum atomic E-state index is -4.12. The van der Waals surface area contributed by atoms with Crippen molar-refractivity contribution in [1.82, 2.24) is 0 Å². The number of phosphoric ester groups is 1. The fraction of sp³-hybridized carbons (Fsp3) is 0.810. The van der Waals surface area contributed by atoms with Gasteiger partial charge in [-0.2, -0.15) is 0 Å². The summed E-state index contributed by atoms with van der Waals surface area (Å²) in [6.45, 7) is 10.0. The highest BCUT2D eigenvalue weighted by Gasteiger charge is 2.06. The van der Waals surface area contributed by atoms with Gasteiger partial charge in [0.1, 0.15) is 0 Å². The third kappa shape index (κ3) is 27.9. The lowest BCUT2D eigenvalue weighted by Crippen LogP contribution is -2.35. The van der Waals surface area contributed by atoms with Gasteiger partial charge in [-0.05, 0) is 12.8 Å². The van der Waals surface area contributed by atoms with E-state index in [0.717, 1.165) is 4.48 Å². The van der Waals surface area contributed by atoms with Crippen molar-refractivity contribution in [2.75, 3.05) is 40.9 Å². The quantitative estimate of drug-likeness (QED) is 0.139. The molecule has 0 aromatic rings. The van der Waals surface area contributed by atoms with Crippen molar-refractivity contribution < 1.29 is 23.0 Å². The molecule has 0 aliphatic heterocycles. The molecule has 0 saturated carbocycles. The van der Waals surface area contributed by atoms with E-state index < -0.39 is 7.82 Å². The van der Waals surface area contributed by atoms with E-state index >= 15 is 0 Å². The molecule has 0 heterocycles. The van der Waals surface area contributed by atoms with Crippen LogP contribution in [0.15, 0.2) is 25.3 Å². The van der Waals surface area contributed by atoms with Crippen LogP contribution in [0.2, 0.25) is 0 Å². The van der Waals surface area contributed by atoms with Crippen molar-refractivity contribution in [3.8, 4) is 0 Å². The van der Waals surface area contributed by atoms with Gasteiger partial charge in [0.15, 0.2) is 0 Å². The van der Waals surface area contributed by atoms with Gasteiger partial charge in [-0.15, -0.1) is 13.2 Å². The normalized spacial score (nSPS) is 11.6. The summed E-state index contributed by atoms with van der Waals surface area (Å²) < 4.78 is 20.3. The zero-order chi connectivity index (χ0) is 21.0. The Hall–Kier alpha value is -0.450. The predicted molar refractivity (Wildman–Crippen MR) is 115 cm³/mol. The summed E-state index contributed by atoms with van der Waals surface area (Å²) in [7, 11) is 2.74. The lowest BCUT2D eigenvalue weighted by atomic mass is 10.1. The van der Waals surface area contributed by atoms with Crippen molar-refractivity contribution in [2.24, 2.45) is 0 Å². The van der Waals surface area contributed by atoms with Gasteiger partial charge in [-0.25, -0.2) is 0 Å². The first kappa shape index (κ1) is 28.8. The van der Waals surface area contributed by atoms with Gasteiger partial charge in [0.2, 0.25) is 0 Å². The van der Waals surface area contributed by atoms with Crippen LogP contribution in [0.1, 0.15) is 71.1 Å². The molecule has 27 heavy (non-hydrogen) atoms. The lowest BCUT2D eigenvalue weighted by Gasteiger charge is -2.23. The first-order valence-corrected chi connectivity index (χ1v) is 11.8. The SMILES string of the molecule is C=CCOP(=O)([O-])OCC=C.CCCCCCCCCCCC[N+](C)(C)C. The summed E-state index contributed by atoms with van der Waals surface area (Å²) in [4.78, 5) is 10.6. The molecule has 0 bridgehead atoms. The van der Waals surface area contributed by atoms with E-state index in [1.807, 2.05) is 0 Å². The maximum Gasteiger partial charge on any atom is 0.268 e. The van der Waals surface area contributed by atoms with Crippen molar-refractivity contribution >= 4 is 7.82 Å². The molecule has 0 aromatic heterocycles. The molecule has 5 nitrogen and oxygen atoms in total. The van der Waals surface area contributed by atoms with Crippen LogP contribution in [0, 0.1) is 0 Å². The third-order valence-electron chi connectivity index (χ3n) is 3.88. The number of rotatable bonds is 17. The average Bonchev–Trinajstić information content (AvgIpc) is 2.59. The van der Waals surface area contributed by atoms with Gasteiger partial charge in [-0.3, -0.25) is 4.57 Å². The Balaban J connectivity index is 0. The number of hydrogen-bond donors (Lipinski definition) is 0. The van der Waals surface area contributed by atoms with Crippen molar-refractivity contribution in [3.63, 3.8) is 0 Å². The van der Waals surface area contributed by atoms with Gasteiger partial charge in [0.25, 0.3) is 7.82 Å². The highest BCUT2D eigenvalue weighted by atomic mass is 31.2. The van der Waals surface area contributed by atoms with Gasteiger partial charge in [0, 0.05) is 0 Å². The molecule has 0 aliphatic rings. The summed E-state index contributed by atoms with van der Waals surface area (Å²) in [6, 6.07) is 0. The first-order chi connectivity index (χ1) is 12.7. The number of quaternary nitrogens is 1. The summed E-state index contributed by atoms with van der Waals surface area (Å²) in [6.07, 6.45) is 17.0. The molecule has 0 amide bonds. The van der Waals surface area contributed by atoms with E-state index in [1.165, 1.54) is 82.9 Å². The van der Waals surface area contributed by atoms with E-state index in [-0.39, 0.29) is 13.2 Å². The van der Waals surface area contributed by atoms with Crippen LogP contribution in [0.4, 0.5) is 0 Å². The van der Waals surface area contributed by atoms with Gasteiger partial charge in [-0.1, -0.05) is 70.4 Å². The van der Waals surface area contributed by atoms with Gasteiger partial charge < -0.3 is 18.4 Å². The Kier molecular flexibility index (Phi) is 20.1. The smallest absolute Gasteiger partial charge is 0.268 e. The van der Waals surface area contributed by atoms with Gasteiger partial charge in [0.05, 0.1) is 40.9 Å². The molecule has 0 fully saturated rings. The Morgan fingerprint density at radius 3 is 1.52 bits per heavy atom. The van der Waals surface area contributed by atoms with Crippen LogP contribution in [-0.2, 0) is 13.6 Å². The molecular weight excluding hydrogens is 361 g/mol. The van der Waals surface area contributed by atoms with Crippen molar-refractivity contribution in [1.29, 1.82) is 0 Å². The van der Waals surface area contributed by atoms with E-state index in [1.54, 1.807) is 0 Å². The van der Waals surface area contributed by atoms with Gasteiger partial charge >= 0.3 is 0 Å². The Bertz CT molecular complexity index is 378. The number of nitrogens with zero attached hydrogens (tertiary/aromatic N) is 1. The Labute approximate surface area is 168 Å². The fourth-order valence-electron chi connectivity index (χ4n) is 2.40. The Morgan fingerprint density at radius 1 is 0.815 bits per heavy atom. The van der Waals surface area contributed by atoms with Crippen LogP contribution in [0.5, 0.6) is 0 Å². The third-order valence-corrected chi connectivity index (χ3v) is 4.81. The fourth-order valence-corrected chi connectivity index (χ4v) is 3.05. The van der Waals surface area contributed by atoms with E-state index in [0.29, 0.717) is 0 Å². The summed E-state index contributed by atoms with van der Waals surface area (Å²) in [5.41, 5.74) is 0. The van der Waals surface area contributed by atoms with Crippen LogP contribution < -0.4 is 4.89 Å².